The number of benzene rings is 1. The Hall–Kier alpha value is -4.19. The normalized spacial score (nSPS) is 11.9. The Morgan fingerprint density at radius 2 is 1.97 bits per heavy atom. The zero-order valence-electron chi connectivity index (χ0n) is 19.6. The van der Waals surface area contributed by atoms with E-state index in [0.717, 1.165) is 6.07 Å². The van der Waals surface area contributed by atoms with Crippen molar-refractivity contribution in [3.8, 4) is 17.2 Å². The third kappa shape index (κ3) is 6.08. The first-order valence-corrected chi connectivity index (χ1v) is 10.8. The molecule has 190 valence electrons. The maximum Gasteiger partial charge on any atom is 0.433 e. The lowest BCUT2D eigenvalue weighted by Crippen LogP contribution is -2.32. The fraction of sp³-hybridized carbons (Fsp3) is 0.250. The molecule has 0 atom stereocenters. The molecule has 3 rings (SSSR count). The highest BCUT2D eigenvalue weighted by Crippen LogP contribution is 2.36. The Kier molecular flexibility index (Phi) is 8.43. The highest BCUT2D eigenvalue weighted by Gasteiger charge is 2.33. The molecule has 0 unspecified atom stereocenters. The summed E-state index contributed by atoms with van der Waals surface area (Å²) in [6, 6.07) is 5.13. The van der Waals surface area contributed by atoms with Gasteiger partial charge >= 0.3 is 6.18 Å². The molecule has 0 aliphatic rings. The van der Waals surface area contributed by atoms with Gasteiger partial charge in [-0.15, -0.1) is 0 Å². The molecule has 0 spiro atoms. The van der Waals surface area contributed by atoms with Crippen molar-refractivity contribution in [1.82, 2.24) is 20.6 Å². The number of nitrogens with zero attached hydrogens (tertiary/aromatic N) is 3. The van der Waals surface area contributed by atoms with Crippen molar-refractivity contribution < 1.29 is 27.1 Å². The summed E-state index contributed by atoms with van der Waals surface area (Å²) in [5, 5.41) is 5.95. The fourth-order valence-electron chi connectivity index (χ4n) is 3.22. The second kappa shape index (κ2) is 11.5. The number of amides is 1. The predicted molar refractivity (Wildman–Crippen MR) is 129 cm³/mol. The minimum atomic E-state index is -4.63. The summed E-state index contributed by atoms with van der Waals surface area (Å²) in [4.78, 5) is 24.8. The van der Waals surface area contributed by atoms with Crippen LogP contribution in [0.15, 0.2) is 58.2 Å². The van der Waals surface area contributed by atoms with E-state index in [9.17, 15) is 18.0 Å². The van der Waals surface area contributed by atoms with Crippen molar-refractivity contribution in [3.05, 3.63) is 66.0 Å². The molecule has 0 aliphatic carbocycles. The number of oxazole rings is 1. The number of methoxy groups -OCH3 is 1. The van der Waals surface area contributed by atoms with Gasteiger partial charge in [0, 0.05) is 30.3 Å². The smallest absolute Gasteiger partial charge is 0.433 e. The van der Waals surface area contributed by atoms with Crippen LogP contribution >= 0.6 is 0 Å². The lowest BCUT2D eigenvalue weighted by atomic mass is 10.1. The molecule has 0 bridgehead atoms. The molecule has 9 nitrogen and oxygen atoms in total. The first-order chi connectivity index (χ1) is 17.2. The quantitative estimate of drug-likeness (QED) is 0.284. The number of nitrogens with two attached hydrogens (primary N) is 1. The van der Waals surface area contributed by atoms with E-state index < -0.39 is 17.8 Å². The van der Waals surface area contributed by atoms with Crippen molar-refractivity contribution in [2.75, 3.05) is 20.2 Å². The number of nitrogens with one attached hydrogen (secondary N) is 2. The molecule has 0 aliphatic heterocycles. The average molecular weight is 502 g/mol. The minimum Gasteiger partial charge on any atom is -0.494 e. The Morgan fingerprint density at radius 1 is 1.22 bits per heavy atom. The van der Waals surface area contributed by atoms with E-state index in [1.165, 1.54) is 19.2 Å². The third-order valence-corrected chi connectivity index (χ3v) is 4.91. The van der Waals surface area contributed by atoms with Gasteiger partial charge in [-0.25, -0.2) is 15.0 Å². The van der Waals surface area contributed by atoms with Crippen LogP contribution in [0.2, 0.25) is 0 Å². The van der Waals surface area contributed by atoms with Crippen molar-refractivity contribution in [1.29, 1.82) is 0 Å². The topological polar surface area (TPSA) is 128 Å². The van der Waals surface area contributed by atoms with Crippen molar-refractivity contribution >= 4 is 23.0 Å². The van der Waals surface area contributed by atoms with Crippen LogP contribution < -0.4 is 21.1 Å². The summed E-state index contributed by atoms with van der Waals surface area (Å²) in [6.07, 6.45) is 0.530. The number of carbonyl (C=O) groups is 1. The molecule has 0 saturated carbocycles. The Morgan fingerprint density at radius 3 is 2.64 bits per heavy atom. The van der Waals surface area contributed by atoms with Crippen molar-refractivity contribution in [3.63, 3.8) is 0 Å². The molecule has 12 heteroatoms. The first kappa shape index (κ1) is 26.4. The molecular formula is C24H25F3N6O3. The second-order valence-electron chi connectivity index (χ2n) is 7.33. The van der Waals surface area contributed by atoms with Crippen LogP contribution in [0.1, 0.15) is 28.9 Å². The molecule has 0 saturated heterocycles. The van der Waals surface area contributed by atoms with Gasteiger partial charge in [0.15, 0.2) is 11.5 Å². The number of ether oxygens (including phenoxy) is 1. The van der Waals surface area contributed by atoms with E-state index >= 15 is 0 Å². The van der Waals surface area contributed by atoms with Crippen LogP contribution in [0.5, 0.6) is 5.75 Å². The standard InChI is InChI=1S/C24H25F3N6O3/c1-4-5-10-29-14(2)30-11-12-31-22(34)21-18(13-28)36-23(33-21)16-6-8-17(35-3)20-15(16)7-9-19(32-20)24(25,26)27/h4-10,30H,2,11-13,28H2,1,3H3,(H,31,34)/b5-4-,29-10?. The second-order valence-corrected chi connectivity index (χ2v) is 7.33. The minimum absolute atomic E-state index is 0.0135. The number of allylic oxidation sites excluding steroid dienone is 2. The van der Waals surface area contributed by atoms with Gasteiger partial charge in [-0.2, -0.15) is 13.2 Å². The predicted octanol–water partition coefficient (Wildman–Crippen LogP) is 3.81. The van der Waals surface area contributed by atoms with E-state index in [1.807, 2.05) is 13.0 Å². The van der Waals surface area contributed by atoms with Gasteiger partial charge in [0.05, 0.1) is 13.7 Å². The van der Waals surface area contributed by atoms with Crippen LogP contribution in [0.3, 0.4) is 0 Å². The van der Waals surface area contributed by atoms with Gasteiger partial charge in [-0.1, -0.05) is 12.7 Å². The van der Waals surface area contributed by atoms with E-state index in [4.69, 9.17) is 14.9 Å². The lowest BCUT2D eigenvalue weighted by Gasteiger charge is -2.11. The number of fused-ring (bicyclic) bond motifs is 1. The summed E-state index contributed by atoms with van der Waals surface area (Å²) in [7, 11) is 1.33. The molecule has 0 fully saturated rings. The Bertz CT molecular complexity index is 1310. The van der Waals surface area contributed by atoms with Crippen LogP contribution in [-0.2, 0) is 12.7 Å². The van der Waals surface area contributed by atoms with Gasteiger partial charge in [0.25, 0.3) is 5.91 Å². The first-order valence-electron chi connectivity index (χ1n) is 10.8. The van der Waals surface area contributed by atoms with Crippen LogP contribution in [0.25, 0.3) is 22.4 Å². The molecule has 1 amide bonds. The van der Waals surface area contributed by atoms with Crippen LogP contribution in [-0.4, -0.2) is 42.3 Å². The van der Waals surface area contributed by atoms with E-state index in [2.05, 4.69) is 32.2 Å². The monoisotopic (exact) mass is 502 g/mol. The summed E-state index contributed by atoms with van der Waals surface area (Å²) in [6.45, 7) is 6.08. The highest BCUT2D eigenvalue weighted by atomic mass is 19.4. The zero-order valence-corrected chi connectivity index (χ0v) is 19.6. The number of hydrogen-bond acceptors (Lipinski definition) is 8. The molecule has 3 aromatic rings. The molecule has 1 aromatic carbocycles. The number of carbonyl (C=O) groups excluding carboxylic acids is 1. The third-order valence-electron chi connectivity index (χ3n) is 4.91. The number of hydrogen-bond donors (Lipinski definition) is 3. The van der Waals surface area contributed by atoms with E-state index in [0.29, 0.717) is 23.3 Å². The molecular weight excluding hydrogens is 477 g/mol. The number of pyridine rings is 1. The van der Waals surface area contributed by atoms with Gasteiger partial charge in [0.1, 0.15) is 22.8 Å². The van der Waals surface area contributed by atoms with E-state index in [-0.39, 0.29) is 41.7 Å². The molecule has 36 heavy (non-hydrogen) atoms. The molecule has 4 N–H and O–H groups in total. The van der Waals surface area contributed by atoms with Crippen molar-refractivity contribution in [2.45, 2.75) is 19.6 Å². The van der Waals surface area contributed by atoms with Crippen molar-refractivity contribution in [2.24, 2.45) is 10.7 Å². The number of alkyl halides is 3. The Labute approximate surface area is 205 Å². The number of aromatic nitrogens is 2. The van der Waals surface area contributed by atoms with E-state index in [1.54, 1.807) is 18.4 Å². The summed E-state index contributed by atoms with van der Waals surface area (Å²) in [5.41, 5.74) is 4.96. The average Bonchev–Trinajstić information content (AvgIpc) is 3.29. The molecule has 2 aromatic heterocycles. The largest absolute Gasteiger partial charge is 0.494 e. The maximum atomic E-state index is 13.2. The molecule has 0 radical (unpaired) electrons. The highest BCUT2D eigenvalue weighted by molar-refractivity contribution is 5.98. The van der Waals surface area contributed by atoms with Crippen LogP contribution in [0.4, 0.5) is 13.2 Å². The number of halogens is 3. The van der Waals surface area contributed by atoms with Gasteiger partial charge in [0.2, 0.25) is 5.89 Å². The summed E-state index contributed by atoms with van der Waals surface area (Å²) < 4.78 is 50.5. The van der Waals surface area contributed by atoms with Gasteiger partial charge < -0.3 is 25.5 Å². The van der Waals surface area contributed by atoms with Crippen LogP contribution in [0, 0.1) is 0 Å². The summed E-state index contributed by atoms with van der Waals surface area (Å²) in [5.74, 6) is 0.194. The molecule has 2 heterocycles. The number of rotatable bonds is 10. The SMILES string of the molecule is C=C(N=C/C=C\C)NCCNC(=O)c1nc(-c2ccc(OC)c3nc(C(F)(F)F)ccc23)oc1CN. The summed E-state index contributed by atoms with van der Waals surface area (Å²) >= 11 is 0. The maximum absolute atomic E-state index is 13.2. The zero-order chi connectivity index (χ0) is 26.3. The number of aliphatic imine (C=N–C) groups is 1. The fourth-order valence-corrected chi connectivity index (χ4v) is 3.22. The van der Waals surface area contributed by atoms with Gasteiger partial charge in [-0.3, -0.25) is 4.79 Å². The lowest BCUT2D eigenvalue weighted by molar-refractivity contribution is -0.140. The van der Waals surface area contributed by atoms with Gasteiger partial charge in [-0.05, 0) is 37.3 Å². The Balaban J connectivity index is 1.83.